The molecule has 4 rings (SSSR count). The highest BCUT2D eigenvalue weighted by Crippen LogP contribution is 2.40. The number of aryl methyl sites for hydroxylation is 1. The molecule has 1 fully saturated rings. The zero-order valence-corrected chi connectivity index (χ0v) is 20.0. The van der Waals surface area contributed by atoms with E-state index in [4.69, 9.17) is 4.74 Å². The number of rotatable bonds is 9. The number of amides is 1. The zero-order chi connectivity index (χ0) is 24.1. The topological polar surface area (TPSA) is 84.7 Å². The fourth-order valence-corrected chi connectivity index (χ4v) is 4.23. The Hall–Kier alpha value is -3.65. The number of imidazole rings is 1. The molecule has 0 spiro atoms. The smallest absolute Gasteiger partial charge is 0.295 e. The lowest BCUT2D eigenvalue weighted by Gasteiger charge is -2.25. The Kier molecular flexibility index (Phi) is 7.27. The van der Waals surface area contributed by atoms with Gasteiger partial charge in [0.05, 0.1) is 17.9 Å². The molecule has 0 radical (unpaired) electrons. The summed E-state index contributed by atoms with van der Waals surface area (Å²) in [6.45, 7) is 5.01. The van der Waals surface area contributed by atoms with E-state index in [1.54, 1.807) is 55.0 Å². The van der Waals surface area contributed by atoms with Gasteiger partial charge in [0, 0.05) is 35.5 Å². The Bertz CT molecular complexity index is 1200. The van der Waals surface area contributed by atoms with Crippen LogP contribution in [0.2, 0.25) is 0 Å². The first kappa shape index (κ1) is 23.5. The molecule has 3 aromatic rings. The van der Waals surface area contributed by atoms with Crippen molar-refractivity contribution in [1.29, 1.82) is 0 Å². The fourth-order valence-electron chi connectivity index (χ4n) is 3.96. The second-order valence-electron chi connectivity index (χ2n) is 7.82. The molecule has 34 heavy (non-hydrogen) atoms. The molecular weight excluding hydrogens is 498 g/mol. The van der Waals surface area contributed by atoms with E-state index in [1.165, 1.54) is 4.90 Å². The highest BCUT2D eigenvalue weighted by Gasteiger charge is 2.45. The van der Waals surface area contributed by atoms with E-state index in [2.05, 4.69) is 27.5 Å². The molecule has 2 heterocycles. The lowest BCUT2D eigenvalue weighted by atomic mass is 9.95. The molecule has 1 aliphatic heterocycles. The second kappa shape index (κ2) is 10.5. The van der Waals surface area contributed by atoms with E-state index in [0.29, 0.717) is 43.0 Å². The van der Waals surface area contributed by atoms with E-state index in [0.717, 1.165) is 4.47 Å². The van der Waals surface area contributed by atoms with Gasteiger partial charge in [-0.3, -0.25) is 9.59 Å². The molecule has 1 aromatic heterocycles. The van der Waals surface area contributed by atoms with E-state index < -0.39 is 17.7 Å². The third-order valence-electron chi connectivity index (χ3n) is 5.60. The predicted octanol–water partition coefficient (Wildman–Crippen LogP) is 4.72. The minimum absolute atomic E-state index is 0.0784. The molecule has 1 unspecified atom stereocenters. The van der Waals surface area contributed by atoms with Crippen molar-refractivity contribution in [3.05, 3.63) is 101 Å². The second-order valence-corrected chi connectivity index (χ2v) is 8.74. The van der Waals surface area contributed by atoms with Crippen LogP contribution in [0.5, 0.6) is 5.75 Å². The van der Waals surface area contributed by atoms with Crippen molar-refractivity contribution in [2.24, 2.45) is 0 Å². The van der Waals surface area contributed by atoms with Gasteiger partial charge >= 0.3 is 0 Å². The largest absolute Gasteiger partial charge is 0.507 e. The summed E-state index contributed by atoms with van der Waals surface area (Å²) >= 11 is 3.38. The number of ketones is 1. The van der Waals surface area contributed by atoms with Crippen LogP contribution in [0.1, 0.15) is 23.6 Å². The molecule has 1 amide bonds. The lowest BCUT2D eigenvalue weighted by Crippen LogP contribution is -2.31. The van der Waals surface area contributed by atoms with Crippen molar-refractivity contribution in [2.45, 2.75) is 19.0 Å². The maximum atomic E-state index is 13.1. The van der Waals surface area contributed by atoms with Crippen molar-refractivity contribution in [3.63, 3.8) is 0 Å². The van der Waals surface area contributed by atoms with Gasteiger partial charge in [0.1, 0.15) is 18.1 Å². The number of carbonyl (C=O) groups is 2. The molecule has 8 heteroatoms. The number of aliphatic hydroxyl groups excluding tert-OH is 1. The number of likely N-dealkylation sites (tertiary alicyclic amines) is 1. The van der Waals surface area contributed by atoms with Gasteiger partial charge in [-0.2, -0.15) is 0 Å². The Balaban J connectivity index is 1.70. The lowest BCUT2D eigenvalue weighted by molar-refractivity contribution is -0.139. The number of aliphatic hydroxyl groups is 1. The number of benzene rings is 2. The van der Waals surface area contributed by atoms with Gasteiger partial charge in [-0.15, -0.1) is 0 Å². The maximum absolute atomic E-state index is 13.1. The average molecular weight is 522 g/mol. The number of hydrogen-bond acceptors (Lipinski definition) is 5. The molecule has 1 saturated heterocycles. The van der Waals surface area contributed by atoms with E-state index in [9.17, 15) is 14.7 Å². The van der Waals surface area contributed by atoms with Crippen molar-refractivity contribution in [3.8, 4) is 5.75 Å². The van der Waals surface area contributed by atoms with Crippen LogP contribution in [-0.4, -0.2) is 44.4 Å². The Labute approximate surface area is 206 Å². The van der Waals surface area contributed by atoms with Crippen LogP contribution in [0, 0.1) is 0 Å². The van der Waals surface area contributed by atoms with Gasteiger partial charge in [0.2, 0.25) is 0 Å². The summed E-state index contributed by atoms with van der Waals surface area (Å²) in [6, 6.07) is 13.4. The zero-order valence-electron chi connectivity index (χ0n) is 18.4. The van der Waals surface area contributed by atoms with Crippen LogP contribution in [0.3, 0.4) is 0 Å². The summed E-state index contributed by atoms with van der Waals surface area (Å²) < 4.78 is 8.32. The molecule has 1 N–H and O–H groups in total. The molecule has 2 aromatic carbocycles. The molecule has 1 atom stereocenters. The maximum Gasteiger partial charge on any atom is 0.295 e. The first-order valence-electron chi connectivity index (χ1n) is 10.8. The van der Waals surface area contributed by atoms with E-state index in [-0.39, 0.29) is 11.3 Å². The number of nitrogens with zero attached hydrogens (tertiary/aromatic N) is 3. The van der Waals surface area contributed by atoms with Crippen molar-refractivity contribution < 1.29 is 19.4 Å². The quantitative estimate of drug-likeness (QED) is 0.190. The van der Waals surface area contributed by atoms with Crippen LogP contribution in [0.25, 0.3) is 5.76 Å². The van der Waals surface area contributed by atoms with E-state index >= 15 is 0 Å². The third-order valence-corrected chi connectivity index (χ3v) is 6.12. The van der Waals surface area contributed by atoms with Crippen LogP contribution in [0.15, 0.2) is 90.0 Å². The Morgan fingerprint density at radius 2 is 1.85 bits per heavy atom. The molecule has 0 bridgehead atoms. The monoisotopic (exact) mass is 521 g/mol. The molecule has 0 saturated carbocycles. The van der Waals surface area contributed by atoms with Gasteiger partial charge in [-0.1, -0.05) is 52.9 Å². The summed E-state index contributed by atoms with van der Waals surface area (Å²) in [5, 5.41) is 11.1. The van der Waals surface area contributed by atoms with Gasteiger partial charge in [0.25, 0.3) is 11.7 Å². The minimum atomic E-state index is -0.708. The summed E-state index contributed by atoms with van der Waals surface area (Å²) in [6.07, 6.45) is 7.53. The van der Waals surface area contributed by atoms with E-state index in [1.807, 2.05) is 22.9 Å². The summed E-state index contributed by atoms with van der Waals surface area (Å²) in [4.78, 5) is 31.7. The SMILES string of the molecule is C=CCOc1ccc(C2/C(=C(\O)c3ccc(Br)cc3)C(=O)C(=O)N2CCCn2ccnc2)cc1. The molecule has 7 nitrogen and oxygen atoms in total. The highest BCUT2D eigenvalue weighted by atomic mass is 79.9. The first-order chi connectivity index (χ1) is 16.5. The Morgan fingerprint density at radius 3 is 2.50 bits per heavy atom. The predicted molar refractivity (Wildman–Crippen MR) is 132 cm³/mol. The number of aromatic nitrogens is 2. The number of ether oxygens (including phenoxy) is 1. The molecule has 0 aliphatic carbocycles. The minimum Gasteiger partial charge on any atom is -0.507 e. The normalized spacial score (nSPS) is 17.2. The number of Topliss-reactive ketones (excluding diaryl/α,β-unsaturated/α-hetero) is 1. The highest BCUT2D eigenvalue weighted by molar-refractivity contribution is 9.10. The summed E-state index contributed by atoms with van der Waals surface area (Å²) in [7, 11) is 0. The van der Waals surface area contributed by atoms with Crippen LogP contribution in [-0.2, 0) is 16.1 Å². The van der Waals surface area contributed by atoms with Gasteiger partial charge in [-0.25, -0.2) is 4.98 Å². The molecule has 174 valence electrons. The van der Waals surface area contributed by atoms with Gasteiger partial charge < -0.3 is 19.3 Å². The summed E-state index contributed by atoms with van der Waals surface area (Å²) in [5.74, 6) is -0.866. The fraction of sp³-hybridized carbons (Fsp3) is 0.192. The standard InChI is InChI=1S/C26H24BrN3O4/c1-2-16-34-21-10-6-18(7-11-21)23-22(24(31)19-4-8-20(27)9-5-19)25(32)26(33)30(23)14-3-13-29-15-12-28-17-29/h2,4-12,15,17,23,31H,1,3,13-14,16H2/b24-22+. The first-order valence-corrected chi connectivity index (χ1v) is 11.6. The van der Waals surface area contributed by atoms with Crippen molar-refractivity contribution in [2.75, 3.05) is 13.2 Å². The van der Waals surface area contributed by atoms with Crippen LogP contribution in [0.4, 0.5) is 0 Å². The summed E-state index contributed by atoms with van der Waals surface area (Å²) in [5.41, 5.74) is 1.26. The third kappa shape index (κ3) is 4.97. The average Bonchev–Trinajstić information content (AvgIpc) is 3.45. The number of hydrogen-bond donors (Lipinski definition) is 1. The van der Waals surface area contributed by atoms with Crippen LogP contribution < -0.4 is 4.74 Å². The number of halogens is 1. The van der Waals surface area contributed by atoms with Crippen molar-refractivity contribution in [1.82, 2.24) is 14.5 Å². The van der Waals surface area contributed by atoms with Crippen molar-refractivity contribution >= 4 is 33.4 Å². The van der Waals surface area contributed by atoms with Gasteiger partial charge in [-0.05, 0) is 36.2 Å². The Morgan fingerprint density at radius 1 is 1.12 bits per heavy atom. The van der Waals surface area contributed by atoms with Crippen LogP contribution >= 0.6 is 15.9 Å². The molecular formula is C26H24BrN3O4. The number of carbonyl (C=O) groups excluding carboxylic acids is 2. The molecule has 1 aliphatic rings. The van der Waals surface area contributed by atoms with Gasteiger partial charge in [0.15, 0.2) is 0 Å².